The van der Waals surface area contributed by atoms with Crippen molar-refractivity contribution in [2.24, 2.45) is 0 Å². The fourth-order valence-electron chi connectivity index (χ4n) is 0.119. The number of allylic oxidation sites excluding steroid dienone is 1. The molecule has 1 unspecified atom stereocenters. The van der Waals surface area contributed by atoms with E-state index in [0.717, 1.165) is 0 Å². The Kier molecular flexibility index (Phi) is 6.68. The molecular formula is C4H8O3PY-. The van der Waals surface area contributed by atoms with E-state index in [1.807, 2.05) is 0 Å². The van der Waals surface area contributed by atoms with E-state index >= 15 is 0 Å². The molecule has 0 saturated heterocycles. The second-order valence-corrected chi connectivity index (χ2v) is 3.42. The van der Waals surface area contributed by atoms with Gasteiger partial charge in [-0.3, -0.25) is 11.1 Å². The van der Waals surface area contributed by atoms with Gasteiger partial charge in [-0.1, -0.05) is 12.6 Å². The van der Waals surface area contributed by atoms with Crippen LogP contribution in [0.15, 0.2) is 6.58 Å². The monoisotopic (exact) mass is 224 g/mol. The maximum absolute atomic E-state index is 10.2. The van der Waals surface area contributed by atoms with Crippen LogP contribution in [0.25, 0.3) is 0 Å². The molecule has 2 N–H and O–H groups in total. The Morgan fingerprint density at radius 3 is 2.00 bits per heavy atom. The minimum absolute atomic E-state index is 0. The molecule has 0 bridgehead atoms. The summed E-state index contributed by atoms with van der Waals surface area (Å²) >= 11 is 0. The second-order valence-electron chi connectivity index (χ2n) is 1.47. The standard InChI is InChI=1S/C4H8O3P.Y/c1-3-4(2)8(5,6)7;/h4H,1H2,2H3,(H2,5,6,7);/q-1;. The van der Waals surface area contributed by atoms with Crippen molar-refractivity contribution < 1.29 is 47.1 Å². The molecule has 0 rings (SSSR count). The summed E-state index contributed by atoms with van der Waals surface area (Å²) in [6.45, 7) is 4.48. The molecule has 0 aliphatic carbocycles. The van der Waals surface area contributed by atoms with Crippen LogP contribution >= 0.6 is 7.60 Å². The van der Waals surface area contributed by atoms with Crippen LogP contribution < -0.4 is 0 Å². The van der Waals surface area contributed by atoms with E-state index < -0.39 is 13.3 Å². The average molecular weight is 224 g/mol. The van der Waals surface area contributed by atoms with Gasteiger partial charge in [-0.15, -0.1) is 0 Å². The van der Waals surface area contributed by atoms with Gasteiger partial charge in [0.05, 0.1) is 0 Å². The summed E-state index contributed by atoms with van der Waals surface area (Å²) in [5, 5.41) is 0. The molecule has 0 amide bonds. The van der Waals surface area contributed by atoms with E-state index in [2.05, 4.69) is 12.7 Å². The van der Waals surface area contributed by atoms with Crippen LogP contribution in [0.3, 0.4) is 0 Å². The summed E-state index contributed by atoms with van der Waals surface area (Å²) in [5.41, 5.74) is -0.845. The van der Waals surface area contributed by atoms with Crippen LogP contribution in [0.5, 0.6) is 0 Å². The van der Waals surface area contributed by atoms with Gasteiger partial charge in [0.2, 0.25) is 0 Å². The fraction of sp³-hybridized carbons (Fsp3) is 0.500. The van der Waals surface area contributed by atoms with Crippen LogP contribution in [0.2, 0.25) is 0 Å². The third kappa shape index (κ3) is 5.44. The van der Waals surface area contributed by atoms with Crippen LogP contribution in [0.1, 0.15) is 6.92 Å². The van der Waals surface area contributed by atoms with Crippen molar-refractivity contribution in [3.05, 3.63) is 12.7 Å². The Morgan fingerprint density at radius 1 is 1.67 bits per heavy atom. The summed E-state index contributed by atoms with van der Waals surface area (Å²) in [6.07, 6.45) is 2.19. The van der Waals surface area contributed by atoms with Crippen LogP contribution in [0.4, 0.5) is 0 Å². The fourth-order valence-corrected chi connectivity index (χ4v) is 0.357. The summed E-state index contributed by atoms with van der Waals surface area (Å²) in [4.78, 5) is 16.6. The molecule has 0 aliphatic heterocycles. The molecule has 1 radical (unpaired) electrons. The molecule has 0 aromatic rings. The first-order valence-electron chi connectivity index (χ1n) is 2.06. The molecule has 9 heavy (non-hydrogen) atoms. The minimum atomic E-state index is -3.93. The van der Waals surface area contributed by atoms with E-state index in [-0.39, 0.29) is 32.7 Å². The van der Waals surface area contributed by atoms with Crippen molar-refractivity contribution >= 4 is 7.60 Å². The zero-order valence-corrected chi connectivity index (χ0v) is 8.84. The predicted octanol–water partition coefficient (Wildman–Crippen LogP) is 0.539. The summed E-state index contributed by atoms with van der Waals surface area (Å²) in [7, 11) is -3.93. The molecule has 5 heteroatoms. The van der Waals surface area contributed by atoms with Gasteiger partial charge >= 0.3 is 0 Å². The van der Waals surface area contributed by atoms with Crippen molar-refractivity contribution in [1.29, 1.82) is 0 Å². The molecule has 0 fully saturated rings. The van der Waals surface area contributed by atoms with Gasteiger partial charge in [0.15, 0.2) is 0 Å². The molecule has 0 aromatic heterocycles. The third-order valence-electron chi connectivity index (χ3n) is 0.800. The first kappa shape index (κ1) is 12.7. The molecule has 1 atom stereocenters. The Hall–Kier alpha value is 0.994. The van der Waals surface area contributed by atoms with E-state index in [4.69, 9.17) is 9.79 Å². The largest absolute Gasteiger partial charge is 0.489 e. The Bertz CT molecular complexity index is 130. The Morgan fingerprint density at radius 2 is 2.00 bits per heavy atom. The van der Waals surface area contributed by atoms with Gasteiger partial charge in [-0.05, 0) is 0 Å². The maximum atomic E-state index is 10.2. The minimum Gasteiger partial charge on any atom is -0.489 e. The topological polar surface area (TPSA) is 57.5 Å². The second kappa shape index (κ2) is 4.76. The normalized spacial score (nSPS) is 13.7. The number of hydrogen-bond donors (Lipinski definition) is 2. The van der Waals surface area contributed by atoms with Crippen molar-refractivity contribution in [3.63, 3.8) is 0 Å². The molecule has 0 aliphatic rings. The average Bonchev–Trinajstić information content (AvgIpc) is 1.62. The first-order chi connectivity index (χ1) is 3.48. The first-order valence-corrected chi connectivity index (χ1v) is 3.74. The van der Waals surface area contributed by atoms with Crippen molar-refractivity contribution in [2.75, 3.05) is 0 Å². The zero-order chi connectivity index (χ0) is 6.78. The van der Waals surface area contributed by atoms with Gasteiger partial charge < -0.3 is 15.9 Å². The molecule has 0 spiro atoms. The molecule has 51 valence electrons. The molecule has 3 nitrogen and oxygen atoms in total. The van der Waals surface area contributed by atoms with Gasteiger partial charge in [-0.2, -0.15) is 0 Å². The summed E-state index contributed by atoms with van der Waals surface area (Å²) in [6, 6.07) is 0. The number of hydrogen-bond acceptors (Lipinski definition) is 1. The summed E-state index contributed by atoms with van der Waals surface area (Å²) < 4.78 is 10.2. The van der Waals surface area contributed by atoms with Crippen molar-refractivity contribution in [2.45, 2.75) is 12.6 Å². The van der Waals surface area contributed by atoms with E-state index in [0.29, 0.717) is 0 Å². The molecular weight excluding hydrogens is 216 g/mol. The van der Waals surface area contributed by atoms with E-state index in [1.54, 1.807) is 0 Å². The van der Waals surface area contributed by atoms with E-state index in [1.165, 1.54) is 6.92 Å². The van der Waals surface area contributed by atoms with Crippen LogP contribution in [-0.2, 0) is 37.3 Å². The summed E-state index contributed by atoms with van der Waals surface area (Å²) in [5.74, 6) is 0. The van der Waals surface area contributed by atoms with Crippen molar-refractivity contribution in [3.8, 4) is 0 Å². The van der Waals surface area contributed by atoms with Gasteiger partial charge in [0.25, 0.3) is 7.60 Å². The van der Waals surface area contributed by atoms with Gasteiger partial charge in [0, 0.05) is 32.7 Å². The quantitative estimate of drug-likeness (QED) is 0.531. The smallest absolute Gasteiger partial charge is 0.299 e. The Balaban J connectivity index is 0. The molecule has 0 saturated carbocycles. The zero-order valence-electron chi connectivity index (χ0n) is 5.11. The van der Waals surface area contributed by atoms with Gasteiger partial charge in [-0.25, -0.2) is 0 Å². The molecule has 0 heterocycles. The van der Waals surface area contributed by atoms with Crippen LogP contribution in [-0.4, -0.2) is 15.4 Å². The Labute approximate surface area is 79.6 Å². The van der Waals surface area contributed by atoms with E-state index in [9.17, 15) is 4.57 Å². The van der Waals surface area contributed by atoms with Gasteiger partial charge in [0.1, 0.15) is 0 Å². The van der Waals surface area contributed by atoms with Crippen molar-refractivity contribution in [1.82, 2.24) is 0 Å². The molecule has 0 aromatic carbocycles. The maximum Gasteiger partial charge on any atom is 0.299 e. The number of rotatable bonds is 2. The SMILES string of the molecule is C=[C-]C(C)P(=O)(O)O.[Y]. The van der Waals surface area contributed by atoms with Crippen LogP contribution in [0, 0.1) is 6.08 Å². The predicted molar refractivity (Wildman–Crippen MR) is 30.4 cm³/mol. The third-order valence-corrected chi connectivity index (χ3v) is 1.99.